The van der Waals surface area contributed by atoms with E-state index < -0.39 is 49.6 Å². The molecule has 6 aliphatic rings. The molecule has 0 spiro atoms. The average molecular weight is 957 g/mol. The summed E-state index contributed by atoms with van der Waals surface area (Å²) in [7, 11) is 0. The lowest BCUT2D eigenvalue weighted by Crippen LogP contribution is -2.62. The van der Waals surface area contributed by atoms with E-state index in [4.69, 9.17) is 52.1 Å². The quantitative estimate of drug-likeness (QED) is 0.136. The van der Waals surface area contributed by atoms with Gasteiger partial charge in [0.2, 0.25) is 0 Å². The number of hydrogen-bond acceptors (Lipinski definition) is 14. The first-order valence-electron chi connectivity index (χ1n) is 27.0. The van der Waals surface area contributed by atoms with Crippen LogP contribution in [-0.4, -0.2) is 138 Å². The van der Waals surface area contributed by atoms with E-state index in [9.17, 15) is 15.3 Å². The van der Waals surface area contributed by atoms with E-state index in [1.54, 1.807) is 0 Å². The molecule has 392 valence electrons. The van der Waals surface area contributed by atoms with Crippen LogP contribution in [0.2, 0.25) is 0 Å². The Balaban J connectivity index is 1.07. The molecule has 14 nitrogen and oxygen atoms in total. The molecule has 0 radical (unpaired) electrons. The summed E-state index contributed by atoms with van der Waals surface area (Å²) >= 11 is 0. The standard InChI is InChI=1S/C53H96O14/c1-18-35-25(8)24(7)28(11)49(58-35)64-47-32(15)42(55)52(61-39(47)22-5)67-45-27(10)30(13)51(60-38(45)21-4)65-48-33(16)43(56)53(62-40(48)23-6)66-44-26(9)29(12)50(59-37(44)20-3)63-46-31(14)41(54)34(17)57-36(46)19-2/h24-56H,18-23H2,1-17H3/t24?,25-,26?,27+,28?,29?,30?,31?,32?,33+,34-,35?,36?,37?,38?,39?,40?,41?,42?,43?,44-,45-,46-,47-,48-,49+,50+,51-,52-,53-/m0/s1. The van der Waals surface area contributed by atoms with Crippen LogP contribution in [0.15, 0.2) is 0 Å². The van der Waals surface area contributed by atoms with Crippen molar-refractivity contribution >= 4 is 0 Å². The normalized spacial score (nSPS) is 53.4. The van der Waals surface area contributed by atoms with Crippen LogP contribution < -0.4 is 0 Å². The minimum Gasteiger partial charge on any atom is -0.390 e. The second-order valence-electron chi connectivity index (χ2n) is 22.1. The minimum atomic E-state index is -0.968. The number of hydrogen-bond donors (Lipinski definition) is 3. The molecule has 67 heavy (non-hydrogen) atoms. The maximum absolute atomic E-state index is 11.9. The molecule has 0 aliphatic carbocycles. The fraction of sp³-hybridized carbons (Fsp3) is 1.00. The number of ether oxygens (including phenoxy) is 11. The van der Waals surface area contributed by atoms with Gasteiger partial charge in [0.05, 0.1) is 79.4 Å². The summed E-state index contributed by atoms with van der Waals surface area (Å²) in [6, 6.07) is 0. The Morgan fingerprint density at radius 2 is 0.522 bits per heavy atom. The molecule has 6 saturated heterocycles. The predicted molar refractivity (Wildman–Crippen MR) is 253 cm³/mol. The van der Waals surface area contributed by atoms with E-state index in [1.165, 1.54) is 0 Å². The zero-order valence-electron chi connectivity index (χ0n) is 44.4. The van der Waals surface area contributed by atoms with Gasteiger partial charge in [-0.05, 0) is 69.1 Å². The van der Waals surface area contributed by atoms with E-state index in [1.807, 2.05) is 27.7 Å². The highest BCUT2D eigenvalue weighted by molar-refractivity contribution is 4.96. The van der Waals surface area contributed by atoms with Crippen molar-refractivity contribution in [1.29, 1.82) is 0 Å². The van der Waals surface area contributed by atoms with E-state index >= 15 is 0 Å². The Labute approximate surface area is 404 Å². The molecule has 30 atom stereocenters. The average Bonchev–Trinajstić information content (AvgIpc) is 3.32. The molecular weight excluding hydrogens is 861 g/mol. The highest BCUT2D eigenvalue weighted by atomic mass is 16.8. The molecule has 14 heteroatoms. The molecule has 16 unspecified atom stereocenters. The molecule has 0 aromatic carbocycles. The van der Waals surface area contributed by atoms with Crippen molar-refractivity contribution < 1.29 is 67.4 Å². The summed E-state index contributed by atoms with van der Waals surface area (Å²) in [6.45, 7) is 35.8. The number of rotatable bonds is 16. The van der Waals surface area contributed by atoms with Crippen molar-refractivity contribution in [2.45, 2.75) is 279 Å². The Kier molecular flexibility index (Phi) is 20.0. The lowest BCUT2D eigenvalue weighted by atomic mass is 9.78. The first kappa shape index (κ1) is 55.7. The van der Waals surface area contributed by atoms with Crippen molar-refractivity contribution in [3.05, 3.63) is 0 Å². The maximum Gasteiger partial charge on any atom is 0.184 e. The molecule has 6 heterocycles. The van der Waals surface area contributed by atoms with Gasteiger partial charge >= 0.3 is 0 Å². The number of aliphatic hydroxyl groups excluding tert-OH is 3. The van der Waals surface area contributed by atoms with Crippen LogP contribution in [0.3, 0.4) is 0 Å². The van der Waals surface area contributed by atoms with Gasteiger partial charge in [-0.2, -0.15) is 0 Å². The Hall–Kier alpha value is -0.560. The molecule has 0 aromatic heterocycles. The summed E-state index contributed by atoms with van der Waals surface area (Å²) in [4.78, 5) is 0. The third-order valence-corrected chi connectivity index (χ3v) is 18.1. The van der Waals surface area contributed by atoms with Gasteiger partial charge in [0.15, 0.2) is 31.5 Å². The van der Waals surface area contributed by atoms with Gasteiger partial charge in [0.1, 0.15) is 12.2 Å². The van der Waals surface area contributed by atoms with Crippen LogP contribution in [0.1, 0.15) is 156 Å². The van der Waals surface area contributed by atoms with Crippen molar-refractivity contribution in [1.82, 2.24) is 0 Å². The molecule has 6 aliphatic heterocycles. The molecule has 3 N–H and O–H groups in total. The fourth-order valence-electron chi connectivity index (χ4n) is 12.3. The van der Waals surface area contributed by atoms with Gasteiger partial charge in [-0.25, -0.2) is 0 Å². The van der Waals surface area contributed by atoms with E-state index in [0.29, 0.717) is 37.5 Å². The van der Waals surface area contributed by atoms with E-state index in [-0.39, 0.29) is 121 Å². The molecular formula is C53H96O14. The van der Waals surface area contributed by atoms with Gasteiger partial charge < -0.3 is 67.4 Å². The topological polar surface area (TPSA) is 162 Å². The predicted octanol–water partition coefficient (Wildman–Crippen LogP) is 8.23. The minimum absolute atomic E-state index is 0.0132. The van der Waals surface area contributed by atoms with Crippen LogP contribution in [0.5, 0.6) is 0 Å². The highest BCUT2D eigenvalue weighted by Crippen LogP contribution is 2.45. The van der Waals surface area contributed by atoms with Crippen LogP contribution in [0.4, 0.5) is 0 Å². The van der Waals surface area contributed by atoms with E-state index in [0.717, 1.165) is 12.8 Å². The summed E-state index contributed by atoms with van der Waals surface area (Å²) in [5, 5.41) is 34.6. The zero-order valence-corrected chi connectivity index (χ0v) is 44.4. The molecule has 6 rings (SSSR count). The van der Waals surface area contributed by atoms with Crippen molar-refractivity contribution in [3.63, 3.8) is 0 Å². The summed E-state index contributed by atoms with van der Waals surface area (Å²) < 4.78 is 73.4. The SMILES string of the molecule is CCC1O[C@H](O[C@@H]2C(CC)O[C@@H](O[C@@H]3C(CC)O[C@@H](O[C@@H]4C(CC)O[C@@H](O[C@@H]5C(CC)O[C@H](O[C@@H]6C(CC)O[C@@H](C)C(O)C6C)C(C)C5C)C(O)[C@H]4C)C(C)[C@H]3C)C(O)C2C)C(C)C(C)[C@@H]1C. The van der Waals surface area contributed by atoms with Crippen molar-refractivity contribution in [2.75, 3.05) is 0 Å². The Bertz CT molecular complexity index is 1480. The van der Waals surface area contributed by atoms with Crippen LogP contribution in [-0.2, 0) is 52.1 Å². The third-order valence-electron chi connectivity index (χ3n) is 18.1. The number of aliphatic hydroxyl groups is 3. The van der Waals surface area contributed by atoms with Gasteiger partial charge in [-0.1, -0.05) is 111 Å². The lowest BCUT2D eigenvalue weighted by Gasteiger charge is -2.52. The van der Waals surface area contributed by atoms with Crippen molar-refractivity contribution in [2.24, 2.45) is 59.2 Å². The van der Waals surface area contributed by atoms with Gasteiger partial charge in [-0.15, -0.1) is 0 Å². The Morgan fingerprint density at radius 1 is 0.269 bits per heavy atom. The van der Waals surface area contributed by atoms with Crippen LogP contribution in [0.25, 0.3) is 0 Å². The summed E-state index contributed by atoms with van der Waals surface area (Å²) in [5.41, 5.74) is 0. The van der Waals surface area contributed by atoms with Crippen LogP contribution >= 0.6 is 0 Å². The van der Waals surface area contributed by atoms with Crippen molar-refractivity contribution in [3.8, 4) is 0 Å². The maximum atomic E-state index is 11.9. The zero-order chi connectivity index (χ0) is 49.3. The molecule has 0 aromatic rings. The largest absolute Gasteiger partial charge is 0.390 e. The highest BCUT2D eigenvalue weighted by Gasteiger charge is 2.54. The first-order chi connectivity index (χ1) is 31.8. The van der Waals surface area contributed by atoms with Gasteiger partial charge in [0, 0.05) is 35.5 Å². The molecule has 0 bridgehead atoms. The molecule has 0 amide bonds. The first-order valence-corrected chi connectivity index (χ1v) is 27.0. The van der Waals surface area contributed by atoms with Crippen LogP contribution in [0, 0.1) is 59.2 Å². The lowest BCUT2D eigenvalue weighted by molar-refractivity contribution is -0.373. The van der Waals surface area contributed by atoms with E-state index in [2.05, 4.69) is 90.0 Å². The summed E-state index contributed by atoms with van der Waals surface area (Å²) in [5.74, 6) is 0.260. The van der Waals surface area contributed by atoms with Gasteiger partial charge in [0.25, 0.3) is 0 Å². The fourth-order valence-corrected chi connectivity index (χ4v) is 12.3. The third kappa shape index (κ3) is 11.5. The van der Waals surface area contributed by atoms with Gasteiger partial charge in [-0.3, -0.25) is 0 Å². The summed E-state index contributed by atoms with van der Waals surface area (Å²) in [6.07, 6.45) is -4.65. The smallest absolute Gasteiger partial charge is 0.184 e. The monoisotopic (exact) mass is 957 g/mol. The molecule has 6 fully saturated rings. The Morgan fingerprint density at radius 3 is 0.866 bits per heavy atom. The molecule has 0 saturated carbocycles. The second-order valence-corrected chi connectivity index (χ2v) is 22.1. The second kappa shape index (κ2) is 24.0.